The predicted octanol–water partition coefficient (Wildman–Crippen LogP) is 10.5. The second-order valence-electron chi connectivity index (χ2n) is 8.94. The molecule has 3 aromatic heterocycles. The number of aromatic nitrogens is 3. The highest BCUT2D eigenvalue weighted by Gasteiger charge is 2.04. The Kier molecular flexibility index (Phi) is 13.3. The summed E-state index contributed by atoms with van der Waals surface area (Å²) in [4.78, 5) is 12.7. The number of hydrogen-bond donors (Lipinski definition) is 0. The molecule has 0 bridgehead atoms. The SMILES string of the molecule is CC.CC.CC(C)c1nccc2ccccc12.Cc1ccc2ccncc2c1.Cc1ccnc2ccccc12. The minimum Gasteiger partial charge on any atom is -0.264 e. The second-order valence-corrected chi connectivity index (χ2v) is 8.94. The first kappa shape index (κ1) is 31.1. The standard InChI is InChI=1S/C12H13N.2C10H9N.2C2H6/c1-9(2)12-11-6-4-3-5-10(11)7-8-13-12;1-8-2-3-9-4-5-11-7-10(9)6-8;1-8-6-7-11-10-5-3-2-4-9(8)10;2*1-2/h3-9H,1-2H3;2*2-7H,1H3;2*1-2H3. The second kappa shape index (κ2) is 16.7. The van der Waals surface area contributed by atoms with Gasteiger partial charge >= 0.3 is 0 Å². The van der Waals surface area contributed by atoms with E-state index in [0.29, 0.717) is 5.92 Å². The molecule has 0 saturated heterocycles. The van der Waals surface area contributed by atoms with Gasteiger partial charge in [-0.3, -0.25) is 15.0 Å². The lowest BCUT2D eigenvalue weighted by atomic mass is 10.0. The van der Waals surface area contributed by atoms with E-state index in [1.165, 1.54) is 43.8 Å². The zero-order valence-electron chi connectivity index (χ0n) is 24.8. The molecule has 3 nitrogen and oxygen atoms in total. The van der Waals surface area contributed by atoms with Crippen molar-refractivity contribution in [1.29, 1.82) is 0 Å². The maximum atomic E-state index is 4.41. The Morgan fingerprint density at radius 3 is 1.92 bits per heavy atom. The average molecular weight is 518 g/mol. The van der Waals surface area contributed by atoms with Crippen molar-refractivity contribution in [2.75, 3.05) is 0 Å². The van der Waals surface area contributed by atoms with Crippen LogP contribution in [0.3, 0.4) is 0 Å². The van der Waals surface area contributed by atoms with E-state index in [1.54, 1.807) is 0 Å². The van der Waals surface area contributed by atoms with Gasteiger partial charge in [-0.05, 0) is 66.4 Å². The van der Waals surface area contributed by atoms with E-state index in [-0.39, 0.29) is 0 Å². The van der Waals surface area contributed by atoms with Crippen LogP contribution >= 0.6 is 0 Å². The molecule has 3 aromatic carbocycles. The van der Waals surface area contributed by atoms with Gasteiger partial charge in [-0.15, -0.1) is 0 Å². The highest BCUT2D eigenvalue weighted by atomic mass is 14.7. The lowest BCUT2D eigenvalue weighted by Crippen LogP contribution is -1.92. The van der Waals surface area contributed by atoms with Gasteiger partial charge in [0.05, 0.1) is 11.2 Å². The molecule has 0 N–H and O–H groups in total. The number of fused-ring (bicyclic) bond motifs is 3. The summed E-state index contributed by atoms with van der Waals surface area (Å²) in [7, 11) is 0. The van der Waals surface area contributed by atoms with Crippen LogP contribution in [-0.2, 0) is 0 Å². The molecule has 3 heterocycles. The fourth-order valence-corrected chi connectivity index (χ4v) is 4.05. The van der Waals surface area contributed by atoms with E-state index in [4.69, 9.17) is 0 Å². The summed E-state index contributed by atoms with van der Waals surface area (Å²) >= 11 is 0. The molecule has 0 fully saturated rings. The number of pyridine rings is 3. The summed E-state index contributed by atoms with van der Waals surface area (Å²) in [6.45, 7) is 16.5. The molecule has 0 unspecified atom stereocenters. The number of nitrogens with zero attached hydrogens (tertiary/aromatic N) is 3. The Hall–Kier alpha value is -4.11. The van der Waals surface area contributed by atoms with Gasteiger partial charge < -0.3 is 0 Å². The van der Waals surface area contributed by atoms with Crippen molar-refractivity contribution in [3.8, 4) is 0 Å². The molecule has 0 radical (unpaired) electrons. The fourth-order valence-electron chi connectivity index (χ4n) is 4.05. The third-order valence-electron chi connectivity index (χ3n) is 5.91. The molecule has 0 atom stereocenters. The highest BCUT2D eigenvalue weighted by molar-refractivity contribution is 5.84. The Balaban J connectivity index is 0.000000193. The summed E-state index contributed by atoms with van der Waals surface area (Å²) in [6.07, 6.45) is 7.44. The van der Waals surface area contributed by atoms with E-state index in [2.05, 4.69) is 97.2 Å². The van der Waals surface area contributed by atoms with Crippen molar-refractivity contribution in [1.82, 2.24) is 15.0 Å². The summed E-state index contributed by atoms with van der Waals surface area (Å²) in [5, 5.41) is 6.27. The molecule has 0 aliphatic rings. The van der Waals surface area contributed by atoms with Gasteiger partial charge in [-0.1, -0.05) is 102 Å². The Labute approximate surface area is 235 Å². The molecule has 0 amide bonds. The molecular weight excluding hydrogens is 474 g/mol. The summed E-state index contributed by atoms with van der Waals surface area (Å²) in [6, 6.07) is 29.0. The maximum Gasteiger partial charge on any atom is 0.0704 e. The average Bonchev–Trinajstić information content (AvgIpc) is 3.00. The molecular formula is C36H43N3. The predicted molar refractivity (Wildman–Crippen MR) is 171 cm³/mol. The van der Waals surface area contributed by atoms with Crippen LogP contribution in [0.5, 0.6) is 0 Å². The largest absolute Gasteiger partial charge is 0.264 e. The van der Waals surface area contributed by atoms with E-state index < -0.39 is 0 Å². The first-order chi connectivity index (χ1) is 19.0. The molecule has 6 aromatic rings. The van der Waals surface area contributed by atoms with Crippen LogP contribution in [-0.4, -0.2) is 15.0 Å². The number of benzene rings is 3. The molecule has 39 heavy (non-hydrogen) atoms. The van der Waals surface area contributed by atoms with Crippen LogP contribution in [0.25, 0.3) is 32.4 Å². The zero-order chi connectivity index (χ0) is 28.6. The topological polar surface area (TPSA) is 38.7 Å². The van der Waals surface area contributed by atoms with E-state index in [1.807, 2.05) is 82.8 Å². The third-order valence-corrected chi connectivity index (χ3v) is 5.91. The summed E-state index contributed by atoms with van der Waals surface area (Å²) < 4.78 is 0. The zero-order valence-corrected chi connectivity index (χ0v) is 24.8. The van der Waals surface area contributed by atoms with Gasteiger partial charge in [0.25, 0.3) is 0 Å². The lowest BCUT2D eigenvalue weighted by molar-refractivity contribution is 0.834. The quantitative estimate of drug-likeness (QED) is 0.218. The van der Waals surface area contributed by atoms with Gasteiger partial charge in [-0.2, -0.15) is 0 Å². The van der Waals surface area contributed by atoms with Crippen molar-refractivity contribution in [2.24, 2.45) is 0 Å². The Bertz CT molecular complexity index is 1540. The van der Waals surface area contributed by atoms with Crippen LogP contribution in [0.4, 0.5) is 0 Å². The highest BCUT2D eigenvalue weighted by Crippen LogP contribution is 2.22. The normalized spacial score (nSPS) is 9.77. The van der Waals surface area contributed by atoms with E-state index in [9.17, 15) is 0 Å². The van der Waals surface area contributed by atoms with Crippen molar-refractivity contribution >= 4 is 32.4 Å². The van der Waals surface area contributed by atoms with Crippen LogP contribution in [0.2, 0.25) is 0 Å². The van der Waals surface area contributed by atoms with Crippen LogP contribution in [0.15, 0.2) is 110 Å². The van der Waals surface area contributed by atoms with E-state index >= 15 is 0 Å². The van der Waals surface area contributed by atoms with Crippen LogP contribution in [0, 0.1) is 13.8 Å². The van der Waals surface area contributed by atoms with Crippen LogP contribution < -0.4 is 0 Å². The first-order valence-electron chi connectivity index (χ1n) is 14.0. The monoisotopic (exact) mass is 517 g/mol. The number of rotatable bonds is 1. The molecule has 0 spiro atoms. The molecule has 0 aliphatic heterocycles. The Morgan fingerprint density at radius 1 is 0.564 bits per heavy atom. The van der Waals surface area contributed by atoms with Crippen molar-refractivity contribution in [3.63, 3.8) is 0 Å². The number of hydrogen-bond acceptors (Lipinski definition) is 3. The summed E-state index contributed by atoms with van der Waals surface area (Å²) in [5.74, 6) is 0.492. The molecule has 6 rings (SSSR count). The molecule has 0 aliphatic carbocycles. The first-order valence-corrected chi connectivity index (χ1v) is 14.0. The van der Waals surface area contributed by atoms with Crippen molar-refractivity contribution in [2.45, 2.75) is 61.3 Å². The smallest absolute Gasteiger partial charge is 0.0704 e. The molecule has 0 saturated carbocycles. The van der Waals surface area contributed by atoms with Crippen LogP contribution in [0.1, 0.15) is 64.3 Å². The maximum absolute atomic E-state index is 4.41. The Morgan fingerprint density at radius 2 is 1.21 bits per heavy atom. The van der Waals surface area contributed by atoms with E-state index in [0.717, 1.165) is 5.52 Å². The molecule has 202 valence electrons. The van der Waals surface area contributed by atoms with Crippen molar-refractivity contribution in [3.05, 3.63) is 127 Å². The number of para-hydroxylation sites is 1. The molecule has 3 heteroatoms. The van der Waals surface area contributed by atoms with Gasteiger partial charge in [0.15, 0.2) is 0 Å². The van der Waals surface area contributed by atoms with Crippen molar-refractivity contribution < 1.29 is 0 Å². The third kappa shape index (κ3) is 9.00. The minimum absolute atomic E-state index is 0.492. The van der Waals surface area contributed by atoms with Gasteiger partial charge in [0.2, 0.25) is 0 Å². The van der Waals surface area contributed by atoms with Gasteiger partial charge in [-0.25, -0.2) is 0 Å². The lowest BCUT2D eigenvalue weighted by Gasteiger charge is -2.07. The minimum atomic E-state index is 0.492. The van der Waals surface area contributed by atoms with Gasteiger partial charge in [0, 0.05) is 40.9 Å². The number of aryl methyl sites for hydroxylation is 2. The fraction of sp³-hybridized carbons (Fsp3) is 0.250. The van der Waals surface area contributed by atoms with Gasteiger partial charge in [0.1, 0.15) is 0 Å². The summed E-state index contributed by atoms with van der Waals surface area (Å²) in [5.41, 5.74) is 4.84.